The Hall–Kier alpha value is -0.280. The average Bonchev–Trinajstić information content (AvgIpc) is 2.19. The van der Waals surface area contributed by atoms with Crippen molar-refractivity contribution in [1.29, 1.82) is 0 Å². The molecule has 1 aromatic carbocycles. The van der Waals surface area contributed by atoms with Crippen molar-refractivity contribution in [2.24, 2.45) is 0 Å². The van der Waals surface area contributed by atoms with Crippen LogP contribution < -0.4 is 5.32 Å². The van der Waals surface area contributed by atoms with Crippen molar-refractivity contribution in [2.45, 2.75) is 18.4 Å². The highest BCUT2D eigenvalue weighted by Gasteiger charge is 2.30. The van der Waals surface area contributed by atoms with E-state index in [1.54, 1.807) is 0 Å². The van der Waals surface area contributed by atoms with Gasteiger partial charge in [0.05, 0.1) is 5.60 Å². The molecule has 0 spiro atoms. The van der Waals surface area contributed by atoms with E-state index in [-0.39, 0.29) is 12.4 Å². The Morgan fingerprint density at radius 2 is 1.93 bits per heavy atom. The first-order chi connectivity index (χ1) is 6.71. The van der Waals surface area contributed by atoms with Crippen LogP contribution in [0.4, 0.5) is 0 Å². The molecule has 0 unspecified atom stereocenters. The zero-order valence-electron chi connectivity index (χ0n) is 8.37. The van der Waals surface area contributed by atoms with Crippen molar-refractivity contribution in [3.8, 4) is 0 Å². The van der Waals surface area contributed by atoms with E-state index in [4.69, 9.17) is 11.6 Å². The van der Waals surface area contributed by atoms with Crippen LogP contribution in [-0.2, 0) is 5.60 Å². The van der Waals surface area contributed by atoms with Crippen molar-refractivity contribution in [3.05, 3.63) is 34.9 Å². The van der Waals surface area contributed by atoms with Crippen LogP contribution in [0.25, 0.3) is 0 Å². The first-order valence-electron chi connectivity index (χ1n) is 4.90. The molecule has 0 radical (unpaired) electrons. The van der Waals surface area contributed by atoms with Crippen LogP contribution in [-0.4, -0.2) is 18.2 Å². The summed E-state index contributed by atoms with van der Waals surface area (Å²) in [4.78, 5) is 0. The summed E-state index contributed by atoms with van der Waals surface area (Å²) in [7, 11) is 0. The van der Waals surface area contributed by atoms with Gasteiger partial charge in [0, 0.05) is 5.02 Å². The molecule has 2 nitrogen and oxygen atoms in total. The minimum atomic E-state index is -0.684. The third-order valence-electron chi connectivity index (χ3n) is 2.79. The summed E-state index contributed by atoms with van der Waals surface area (Å²) in [6.45, 7) is 1.73. The summed E-state index contributed by atoms with van der Waals surface area (Å²) in [5, 5.41) is 14.3. The van der Waals surface area contributed by atoms with Crippen molar-refractivity contribution < 1.29 is 5.11 Å². The molecule has 0 amide bonds. The third-order valence-corrected chi connectivity index (χ3v) is 3.03. The molecule has 1 aliphatic heterocycles. The Bertz CT molecular complexity index is 324. The summed E-state index contributed by atoms with van der Waals surface area (Å²) in [6, 6.07) is 7.51. The molecule has 1 fully saturated rings. The summed E-state index contributed by atoms with van der Waals surface area (Å²) >= 11 is 5.90. The molecular weight excluding hydrogens is 233 g/mol. The molecule has 1 aliphatic rings. The highest BCUT2D eigenvalue weighted by atomic mass is 35.5. The number of aliphatic hydroxyl groups is 1. The highest BCUT2D eigenvalue weighted by Crippen LogP contribution is 2.31. The normalized spacial score (nSPS) is 19.3. The number of hydrogen-bond acceptors (Lipinski definition) is 2. The minimum Gasteiger partial charge on any atom is -0.385 e. The van der Waals surface area contributed by atoms with Gasteiger partial charge in [-0.2, -0.15) is 0 Å². The predicted octanol–water partition coefficient (Wildman–Crippen LogP) is 2.33. The van der Waals surface area contributed by atoms with Gasteiger partial charge in [0.2, 0.25) is 0 Å². The summed E-state index contributed by atoms with van der Waals surface area (Å²) in [5.41, 5.74) is 0.252. The molecule has 0 atom stereocenters. The second-order valence-electron chi connectivity index (χ2n) is 3.79. The van der Waals surface area contributed by atoms with Crippen LogP contribution in [0.1, 0.15) is 18.4 Å². The van der Waals surface area contributed by atoms with Gasteiger partial charge < -0.3 is 10.4 Å². The van der Waals surface area contributed by atoms with Crippen LogP contribution in [0.15, 0.2) is 24.3 Å². The Balaban J connectivity index is 0.00000112. The maximum Gasteiger partial charge on any atom is 0.0921 e. The molecular formula is C11H15Cl2NO. The molecule has 0 bridgehead atoms. The molecule has 0 aromatic heterocycles. The fraction of sp³-hybridized carbons (Fsp3) is 0.455. The first-order valence-corrected chi connectivity index (χ1v) is 5.28. The smallest absolute Gasteiger partial charge is 0.0921 e. The number of piperidine rings is 1. The van der Waals surface area contributed by atoms with Gasteiger partial charge >= 0.3 is 0 Å². The summed E-state index contributed by atoms with van der Waals surface area (Å²) in [6.07, 6.45) is 1.51. The lowest BCUT2D eigenvalue weighted by atomic mass is 9.85. The largest absolute Gasteiger partial charge is 0.385 e. The SMILES string of the molecule is Cl.OC1(c2cccc(Cl)c2)CCNCC1. The summed E-state index contributed by atoms with van der Waals surface area (Å²) in [5.74, 6) is 0. The van der Waals surface area contributed by atoms with Crippen molar-refractivity contribution >= 4 is 24.0 Å². The molecule has 2 rings (SSSR count). The third kappa shape index (κ3) is 2.85. The van der Waals surface area contributed by atoms with Gasteiger partial charge in [0.1, 0.15) is 0 Å². The quantitative estimate of drug-likeness (QED) is 0.799. The molecule has 4 heteroatoms. The van der Waals surface area contributed by atoms with Crippen LogP contribution in [0.5, 0.6) is 0 Å². The van der Waals surface area contributed by atoms with Gasteiger partial charge in [-0.1, -0.05) is 23.7 Å². The maximum absolute atomic E-state index is 10.4. The first kappa shape index (κ1) is 12.8. The lowest BCUT2D eigenvalue weighted by Crippen LogP contribution is -2.39. The second-order valence-corrected chi connectivity index (χ2v) is 4.23. The molecule has 2 N–H and O–H groups in total. The Kier molecular flexibility index (Phi) is 4.41. The van der Waals surface area contributed by atoms with E-state index in [2.05, 4.69) is 5.32 Å². The molecule has 1 heterocycles. The van der Waals surface area contributed by atoms with E-state index in [1.165, 1.54) is 0 Å². The highest BCUT2D eigenvalue weighted by molar-refractivity contribution is 6.30. The maximum atomic E-state index is 10.4. The fourth-order valence-electron chi connectivity index (χ4n) is 1.91. The van der Waals surface area contributed by atoms with Gasteiger partial charge in [0.25, 0.3) is 0 Å². The van der Waals surface area contributed by atoms with Crippen LogP contribution in [0.2, 0.25) is 5.02 Å². The predicted molar refractivity (Wildman–Crippen MR) is 64.7 cm³/mol. The van der Waals surface area contributed by atoms with Crippen LogP contribution in [0, 0.1) is 0 Å². The Labute approximate surface area is 101 Å². The lowest BCUT2D eigenvalue weighted by molar-refractivity contribution is 0.00595. The molecule has 84 valence electrons. The van der Waals surface area contributed by atoms with E-state index in [0.717, 1.165) is 31.5 Å². The standard InChI is InChI=1S/C11H14ClNO.ClH/c12-10-3-1-2-9(8-10)11(14)4-6-13-7-5-11;/h1-3,8,13-14H,4-7H2;1H. The number of benzene rings is 1. The van der Waals surface area contributed by atoms with Crippen LogP contribution in [0.3, 0.4) is 0 Å². The van der Waals surface area contributed by atoms with E-state index in [9.17, 15) is 5.11 Å². The minimum absolute atomic E-state index is 0. The molecule has 15 heavy (non-hydrogen) atoms. The zero-order valence-corrected chi connectivity index (χ0v) is 9.94. The monoisotopic (exact) mass is 247 g/mol. The topological polar surface area (TPSA) is 32.3 Å². The second kappa shape index (κ2) is 5.17. The fourth-order valence-corrected chi connectivity index (χ4v) is 2.10. The van der Waals surface area contributed by atoms with Gasteiger partial charge in [-0.3, -0.25) is 0 Å². The molecule has 0 saturated carbocycles. The number of hydrogen-bond donors (Lipinski definition) is 2. The molecule has 1 saturated heterocycles. The van der Waals surface area contributed by atoms with Crippen molar-refractivity contribution in [2.75, 3.05) is 13.1 Å². The number of halogens is 2. The Morgan fingerprint density at radius 3 is 2.53 bits per heavy atom. The van der Waals surface area contributed by atoms with Gasteiger partial charge in [0.15, 0.2) is 0 Å². The van der Waals surface area contributed by atoms with E-state index in [0.29, 0.717) is 5.02 Å². The molecule has 1 aromatic rings. The van der Waals surface area contributed by atoms with Gasteiger partial charge in [-0.05, 0) is 43.6 Å². The van der Waals surface area contributed by atoms with Crippen LogP contribution >= 0.6 is 24.0 Å². The van der Waals surface area contributed by atoms with Crippen molar-refractivity contribution in [3.63, 3.8) is 0 Å². The van der Waals surface area contributed by atoms with E-state index in [1.807, 2.05) is 24.3 Å². The van der Waals surface area contributed by atoms with E-state index >= 15 is 0 Å². The Morgan fingerprint density at radius 1 is 1.27 bits per heavy atom. The lowest BCUT2D eigenvalue weighted by Gasteiger charge is -2.33. The zero-order chi connectivity index (χ0) is 10.0. The number of rotatable bonds is 1. The van der Waals surface area contributed by atoms with Gasteiger partial charge in [-0.15, -0.1) is 12.4 Å². The summed E-state index contributed by atoms with van der Waals surface area (Å²) < 4.78 is 0. The van der Waals surface area contributed by atoms with Gasteiger partial charge in [-0.25, -0.2) is 0 Å². The van der Waals surface area contributed by atoms with Crippen molar-refractivity contribution in [1.82, 2.24) is 5.32 Å². The van der Waals surface area contributed by atoms with E-state index < -0.39 is 5.60 Å². The average molecular weight is 248 g/mol. The number of nitrogens with one attached hydrogen (secondary N) is 1. The molecule has 0 aliphatic carbocycles.